The Morgan fingerprint density at radius 2 is 2.21 bits per heavy atom. The van der Waals surface area contributed by atoms with Crippen LogP contribution in [0.25, 0.3) is 11.3 Å². The van der Waals surface area contributed by atoms with Crippen molar-refractivity contribution in [3.8, 4) is 11.3 Å². The molecule has 0 spiro atoms. The predicted molar refractivity (Wildman–Crippen MR) is 79.5 cm³/mol. The number of rotatable bonds is 3. The van der Waals surface area contributed by atoms with Gasteiger partial charge in [0.2, 0.25) is 0 Å². The van der Waals surface area contributed by atoms with Gasteiger partial charge in [-0.3, -0.25) is 0 Å². The normalized spacial score (nSPS) is 22.2. The van der Waals surface area contributed by atoms with E-state index in [1.54, 1.807) is 0 Å². The van der Waals surface area contributed by atoms with Crippen LogP contribution in [0.4, 0.5) is 5.82 Å². The number of nitrogens with two attached hydrogens (primary N) is 1. The van der Waals surface area contributed by atoms with Gasteiger partial charge in [0, 0.05) is 24.4 Å². The zero-order valence-corrected chi connectivity index (χ0v) is 12.5. The maximum Gasteiger partial charge on any atom is 0.122 e. The van der Waals surface area contributed by atoms with Gasteiger partial charge in [-0.1, -0.05) is 6.92 Å². The summed E-state index contributed by atoms with van der Waals surface area (Å²) in [6.07, 6.45) is 4.38. The van der Waals surface area contributed by atoms with Gasteiger partial charge in [0.25, 0.3) is 0 Å². The molecule has 0 aliphatic heterocycles. The number of hydrogen-bond acceptors (Lipinski definition) is 3. The first-order chi connectivity index (χ1) is 9.11. The van der Waals surface area contributed by atoms with E-state index in [0.29, 0.717) is 0 Å². The smallest absolute Gasteiger partial charge is 0.122 e. The maximum absolute atomic E-state index is 6.04. The molecule has 1 fully saturated rings. The predicted octanol–water partition coefficient (Wildman–Crippen LogP) is 3.34. The zero-order valence-electron chi connectivity index (χ0n) is 10.9. The van der Waals surface area contributed by atoms with Crippen molar-refractivity contribution in [3.63, 3.8) is 0 Å². The van der Waals surface area contributed by atoms with Crippen LogP contribution >= 0.6 is 15.9 Å². The summed E-state index contributed by atoms with van der Waals surface area (Å²) in [5, 5.41) is 4.59. The molecule has 0 amide bonds. The van der Waals surface area contributed by atoms with Crippen LogP contribution in [0.1, 0.15) is 19.8 Å². The lowest BCUT2D eigenvalue weighted by molar-refractivity contribution is 0.183. The van der Waals surface area contributed by atoms with E-state index in [9.17, 15) is 0 Å². The van der Waals surface area contributed by atoms with Crippen molar-refractivity contribution in [1.29, 1.82) is 0 Å². The number of hydrogen-bond donors (Lipinski definition) is 1. The quantitative estimate of drug-likeness (QED) is 0.882. The average molecular weight is 321 g/mol. The summed E-state index contributed by atoms with van der Waals surface area (Å²) >= 11 is 3.33. The molecule has 1 aliphatic rings. The van der Waals surface area contributed by atoms with Crippen molar-refractivity contribution in [2.24, 2.45) is 11.8 Å². The fourth-order valence-electron chi connectivity index (χ4n) is 2.71. The Balaban J connectivity index is 1.78. The van der Waals surface area contributed by atoms with Gasteiger partial charge in [0.1, 0.15) is 10.4 Å². The number of aromatic nitrogens is 3. The summed E-state index contributed by atoms with van der Waals surface area (Å²) in [6.45, 7) is 3.22. The summed E-state index contributed by atoms with van der Waals surface area (Å²) in [4.78, 5) is 4.22. The third-order valence-electron chi connectivity index (χ3n) is 3.74. The molecule has 100 valence electrons. The van der Waals surface area contributed by atoms with Crippen LogP contribution in [0.15, 0.2) is 29.0 Å². The van der Waals surface area contributed by atoms with Crippen LogP contribution in [0, 0.1) is 11.8 Å². The van der Waals surface area contributed by atoms with Crippen LogP contribution in [0.3, 0.4) is 0 Å². The van der Waals surface area contributed by atoms with E-state index in [4.69, 9.17) is 5.73 Å². The second-order valence-electron chi connectivity index (χ2n) is 5.45. The SMILES string of the molecule is CC1CC(Cn2nc(-c3ccc(Br)nc3)cc2N)C1. The molecule has 2 N–H and O–H groups in total. The highest BCUT2D eigenvalue weighted by atomic mass is 79.9. The molecular formula is C14H17BrN4. The van der Waals surface area contributed by atoms with E-state index < -0.39 is 0 Å². The molecule has 0 atom stereocenters. The lowest BCUT2D eigenvalue weighted by atomic mass is 9.76. The molecule has 0 radical (unpaired) electrons. The Morgan fingerprint density at radius 3 is 2.84 bits per heavy atom. The molecule has 3 rings (SSSR count). The Kier molecular flexibility index (Phi) is 3.31. The highest BCUT2D eigenvalue weighted by molar-refractivity contribution is 9.10. The molecule has 0 saturated heterocycles. The van der Waals surface area contributed by atoms with Gasteiger partial charge < -0.3 is 5.73 Å². The lowest BCUT2D eigenvalue weighted by Gasteiger charge is -2.32. The fraction of sp³-hybridized carbons (Fsp3) is 0.429. The van der Waals surface area contributed by atoms with Gasteiger partial charge in [0.15, 0.2) is 0 Å². The standard InChI is InChI=1S/C14H17BrN4/c1-9-4-10(5-9)8-19-14(16)6-12(18-19)11-2-3-13(15)17-7-11/h2-3,6-7,9-10H,4-5,8,16H2,1H3. The third-order valence-corrected chi connectivity index (χ3v) is 4.21. The monoisotopic (exact) mass is 320 g/mol. The molecular weight excluding hydrogens is 304 g/mol. The van der Waals surface area contributed by atoms with Crippen molar-refractivity contribution in [2.75, 3.05) is 5.73 Å². The summed E-state index contributed by atoms with van der Waals surface area (Å²) in [5.74, 6) is 2.32. The van der Waals surface area contributed by atoms with E-state index in [1.807, 2.05) is 29.1 Å². The molecule has 4 nitrogen and oxygen atoms in total. The van der Waals surface area contributed by atoms with Gasteiger partial charge in [0.05, 0.1) is 5.69 Å². The van der Waals surface area contributed by atoms with Crippen LogP contribution < -0.4 is 5.73 Å². The fourth-order valence-corrected chi connectivity index (χ4v) is 2.94. The number of nitrogen functional groups attached to an aromatic ring is 1. The molecule has 0 aromatic carbocycles. The summed E-state index contributed by atoms with van der Waals surface area (Å²) < 4.78 is 2.75. The van der Waals surface area contributed by atoms with Gasteiger partial charge in [-0.05, 0) is 52.7 Å². The highest BCUT2D eigenvalue weighted by Gasteiger charge is 2.26. The minimum atomic E-state index is 0.730. The first-order valence-electron chi connectivity index (χ1n) is 6.57. The van der Waals surface area contributed by atoms with Gasteiger partial charge in [-0.25, -0.2) is 9.67 Å². The molecule has 0 bridgehead atoms. The van der Waals surface area contributed by atoms with Crippen molar-refractivity contribution in [2.45, 2.75) is 26.3 Å². The molecule has 2 aromatic rings. The molecule has 1 saturated carbocycles. The van der Waals surface area contributed by atoms with Crippen molar-refractivity contribution in [1.82, 2.24) is 14.8 Å². The lowest BCUT2D eigenvalue weighted by Crippen LogP contribution is -2.26. The van der Waals surface area contributed by atoms with E-state index in [0.717, 1.165) is 40.1 Å². The minimum absolute atomic E-state index is 0.730. The average Bonchev–Trinajstić information content (AvgIpc) is 2.70. The van der Waals surface area contributed by atoms with Crippen LogP contribution in [0.5, 0.6) is 0 Å². The van der Waals surface area contributed by atoms with Gasteiger partial charge in [-0.2, -0.15) is 5.10 Å². The number of halogens is 1. The molecule has 2 aromatic heterocycles. The second-order valence-corrected chi connectivity index (χ2v) is 6.26. The Hall–Kier alpha value is -1.36. The zero-order chi connectivity index (χ0) is 13.4. The van der Waals surface area contributed by atoms with Crippen LogP contribution in [0.2, 0.25) is 0 Å². The largest absolute Gasteiger partial charge is 0.384 e. The maximum atomic E-state index is 6.04. The number of anilines is 1. The Labute approximate surface area is 121 Å². The van der Waals surface area contributed by atoms with Gasteiger partial charge in [-0.15, -0.1) is 0 Å². The van der Waals surface area contributed by atoms with Crippen molar-refractivity contribution < 1.29 is 0 Å². The molecule has 19 heavy (non-hydrogen) atoms. The van der Waals surface area contributed by atoms with E-state index in [2.05, 4.69) is 32.9 Å². The van der Waals surface area contributed by atoms with Crippen molar-refractivity contribution >= 4 is 21.7 Å². The Bertz CT molecular complexity index is 570. The third kappa shape index (κ3) is 2.66. The Morgan fingerprint density at radius 1 is 1.42 bits per heavy atom. The first-order valence-corrected chi connectivity index (χ1v) is 7.36. The second kappa shape index (κ2) is 4.96. The minimum Gasteiger partial charge on any atom is -0.384 e. The number of pyridine rings is 1. The molecule has 1 aliphatic carbocycles. The van der Waals surface area contributed by atoms with Crippen LogP contribution in [-0.2, 0) is 6.54 Å². The number of nitrogens with zero attached hydrogens (tertiary/aromatic N) is 3. The molecule has 5 heteroatoms. The molecule has 2 heterocycles. The first kappa shape index (κ1) is 12.7. The van der Waals surface area contributed by atoms with Crippen molar-refractivity contribution in [3.05, 3.63) is 29.0 Å². The molecule has 0 unspecified atom stereocenters. The summed E-state index contributed by atoms with van der Waals surface area (Å²) in [5.41, 5.74) is 7.93. The van der Waals surface area contributed by atoms with E-state index in [-0.39, 0.29) is 0 Å². The summed E-state index contributed by atoms with van der Waals surface area (Å²) in [7, 11) is 0. The highest BCUT2D eigenvalue weighted by Crippen LogP contribution is 2.34. The summed E-state index contributed by atoms with van der Waals surface area (Å²) in [6, 6.07) is 5.83. The van der Waals surface area contributed by atoms with E-state index in [1.165, 1.54) is 12.8 Å². The van der Waals surface area contributed by atoms with Gasteiger partial charge >= 0.3 is 0 Å². The van der Waals surface area contributed by atoms with Crippen LogP contribution in [-0.4, -0.2) is 14.8 Å². The topological polar surface area (TPSA) is 56.7 Å². The van der Waals surface area contributed by atoms with E-state index >= 15 is 0 Å².